The van der Waals surface area contributed by atoms with Gasteiger partial charge in [-0.1, -0.05) is 18.2 Å². The number of benzene rings is 1. The van der Waals surface area contributed by atoms with Gasteiger partial charge in [-0.2, -0.15) is 13.2 Å². The molecule has 0 saturated carbocycles. The number of alkyl halides is 3. The van der Waals surface area contributed by atoms with Gasteiger partial charge in [0.25, 0.3) is 0 Å². The minimum absolute atomic E-state index is 0.00449. The molecule has 9 heteroatoms. The maximum Gasteiger partial charge on any atom is 0.513 e. The van der Waals surface area contributed by atoms with Gasteiger partial charge >= 0.3 is 12.3 Å². The smallest absolute Gasteiger partial charge is 0.475 e. The molecule has 6 nitrogen and oxygen atoms in total. The standard InChI is InChI=1S/C21H23F3N2O4/c1-11-15(18-26-20(3,4)10-29-18)16(17(12(2)25-11)30-19(27)28-5)13-8-6-7-9-14(13)21(22,23)24/h6-9,16,25H,10H2,1-5H3. The molecule has 2 heterocycles. The highest BCUT2D eigenvalue weighted by Crippen LogP contribution is 2.45. The van der Waals surface area contributed by atoms with Gasteiger partial charge in [0.15, 0.2) is 0 Å². The van der Waals surface area contributed by atoms with Crippen LogP contribution in [0.2, 0.25) is 0 Å². The molecule has 0 bridgehead atoms. The molecule has 0 aliphatic carbocycles. The van der Waals surface area contributed by atoms with Crippen molar-refractivity contribution >= 4 is 12.1 Å². The molecular formula is C21H23F3N2O4. The number of halogens is 3. The summed E-state index contributed by atoms with van der Waals surface area (Å²) in [5.41, 5.74) is -0.114. The highest BCUT2D eigenvalue weighted by atomic mass is 19.4. The number of methoxy groups -OCH3 is 1. The number of carbonyl (C=O) groups excluding carboxylic acids is 1. The van der Waals surface area contributed by atoms with Crippen LogP contribution in [0.3, 0.4) is 0 Å². The van der Waals surface area contributed by atoms with Crippen molar-refractivity contribution in [3.8, 4) is 0 Å². The van der Waals surface area contributed by atoms with Gasteiger partial charge in [0.2, 0.25) is 5.90 Å². The first-order valence-electron chi connectivity index (χ1n) is 9.28. The molecule has 1 N–H and O–H groups in total. The molecule has 0 amide bonds. The maximum absolute atomic E-state index is 13.8. The fourth-order valence-corrected chi connectivity index (χ4v) is 3.55. The zero-order valence-electron chi connectivity index (χ0n) is 17.3. The number of hydrogen-bond acceptors (Lipinski definition) is 6. The first kappa shape index (κ1) is 21.7. The fraction of sp³-hybridized carbons (Fsp3) is 0.429. The highest BCUT2D eigenvalue weighted by molar-refractivity contribution is 5.98. The van der Waals surface area contributed by atoms with E-state index in [2.05, 4.69) is 15.0 Å². The number of hydrogen-bond donors (Lipinski definition) is 1. The van der Waals surface area contributed by atoms with E-state index in [1.807, 2.05) is 13.8 Å². The molecule has 0 aromatic heterocycles. The van der Waals surface area contributed by atoms with Crippen LogP contribution in [0.4, 0.5) is 18.0 Å². The Balaban J connectivity index is 2.25. The molecule has 0 radical (unpaired) electrons. The van der Waals surface area contributed by atoms with Gasteiger partial charge in [-0.05, 0) is 39.3 Å². The summed E-state index contributed by atoms with van der Waals surface area (Å²) < 4.78 is 57.2. The van der Waals surface area contributed by atoms with Crippen molar-refractivity contribution in [3.63, 3.8) is 0 Å². The maximum atomic E-state index is 13.8. The molecule has 30 heavy (non-hydrogen) atoms. The van der Waals surface area contributed by atoms with E-state index in [4.69, 9.17) is 9.47 Å². The predicted molar refractivity (Wildman–Crippen MR) is 104 cm³/mol. The van der Waals surface area contributed by atoms with Crippen molar-refractivity contribution < 1.29 is 32.2 Å². The molecule has 1 aromatic rings. The lowest BCUT2D eigenvalue weighted by atomic mass is 9.82. The summed E-state index contributed by atoms with van der Waals surface area (Å²) in [5.74, 6) is -0.864. The normalized spacial score (nSPS) is 21.1. The number of nitrogens with zero attached hydrogens (tertiary/aromatic N) is 1. The average Bonchev–Trinajstić information content (AvgIpc) is 3.02. The van der Waals surface area contributed by atoms with Crippen molar-refractivity contribution in [1.29, 1.82) is 0 Å². The Bertz CT molecular complexity index is 961. The zero-order valence-corrected chi connectivity index (χ0v) is 17.3. The Hall–Kier alpha value is -2.97. The lowest BCUT2D eigenvalue weighted by molar-refractivity contribution is -0.138. The van der Waals surface area contributed by atoms with E-state index in [0.717, 1.165) is 13.2 Å². The summed E-state index contributed by atoms with van der Waals surface area (Å²) in [6.07, 6.45) is -5.64. The Morgan fingerprint density at radius 2 is 1.90 bits per heavy atom. The lowest BCUT2D eigenvalue weighted by Gasteiger charge is -2.32. The molecule has 0 saturated heterocycles. The second-order valence-electron chi connectivity index (χ2n) is 7.75. The molecule has 162 valence electrons. The van der Waals surface area contributed by atoms with Gasteiger partial charge in [0, 0.05) is 11.3 Å². The van der Waals surface area contributed by atoms with Gasteiger partial charge in [-0.15, -0.1) is 0 Å². The highest BCUT2D eigenvalue weighted by Gasteiger charge is 2.43. The third-order valence-electron chi connectivity index (χ3n) is 4.83. The van der Waals surface area contributed by atoms with Crippen LogP contribution in [-0.2, 0) is 20.4 Å². The van der Waals surface area contributed by atoms with E-state index in [-0.39, 0.29) is 23.8 Å². The van der Waals surface area contributed by atoms with Crippen LogP contribution in [0.1, 0.15) is 44.7 Å². The third kappa shape index (κ3) is 4.15. The van der Waals surface area contributed by atoms with Crippen LogP contribution in [0.5, 0.6) is 0 Å². The number of carbonyl (C=O) groups is 1. The van der Waals surface area contributed by atoms with Crippen molar-refractivity contribution in [3.05, 3.63) is 58.1 Å². The van der Waals surface area contributed by atoms with E-state index in [1.165, 1.54) is 18.2 Å². The first-order chi connectivity index (χ1) is 13.9. The first-order valence-corrected chi connectivity index (χ1v) is 9.28. The largest absolute Gasteiger partial charge is 0.513 e. The Kier molecular flexibility index (Phi) is 5.58. The number of allylic oxidation sites excluding steroid dienone is 3. The van der Waals surface area contributed by atoms with Crippen molar-refractivity contribution in [2.24, 2.45) is 4.99 Å². The molecule has 0 spiro atoms. The molecule has 3 rings (SSSR count). The van der Waals surface area contributed by atoms with E-state index in [9.17, 15) is 18.0 Å². The van der Waals surface area contributed by atoms with Crippen LogP contribution in [0.15, 0.2) is 52.0 Å². The number of ether oxygens (including phenoxy) is 3. The van der Waals surface area contributed by atoms with E-state index in [1.54, 1.807) is 13.8 Å². The SMILES string of the molecule is COC(=O)OC1=C(C)NC(C)=C(C2=NC(C)(C)CO2)C1c1ccccc1C(F)(F)F. The second-order valence-corrected chi connectivity index (χ2v) is 7.75. The van der Waals surface area contributed by atoms with Crippen LogP contribution in [0, 0.1) is 0 Å². The second kappa shape index (κ2) is 7.70. The van der Waals surface area contributed by atoms with Crippen molar-refractivity contribution in [1.82, 2.24) is 5.32 Å². The quantitative estimate of drug-likeness (QED) is 0.700. The van der Waals surface area contributed by atoms with Crippen LogP contribution in [-0.4, -0.2) is 31.3 Å². The van der Waals surface area contributed by atoms with E-state index in [0.29, 0.717) is 17.0 Å². The third-order valence-corrected chi connectivity index (χ3v) is 4.83. The topological polar surface area (TPSA) is 69.2 Å². The number of rotatable bonds is 3. The van der Waals surface area contributed by atoms with Crippen LogP contribution < -0.4 is 5.32 Å². The molecule has 2 aliphatic heterocycles. The monoisotopic (exact) mass is 424 g/mol. The van der Waals surface area contributed by atoms with Crippen LogP contribution >= 0.6 is 0 Å². The predicted octanol–water partition coefficient (Wildman–Crippen LogP) is 4.89. The van der Waals surface area contributed by atoms with Gasteiger partial charge in [-0.3, -0.25) is 0 Å². The summed E-state index contributed by atoms with van der Waals surface area (Å²) >= 11 is 0. The van der Waals surface area contributed by atoms with Gasteiger partial charge in [0.1, 0.15) is 12.4 Å². The van der Waals surface area contributed by atoms with Crippen LogP contribution in [0.25, 0.3) is 0 Å². The number of nitrogens with one attached hydrogen (secondary N) is 1. The number of dihydropyridines is 1. The summed E-state index contributed by atoms with van der Waals surface area (Å²) in [6.45, 7) is 7.33. The van der Waals surface area contributed by atoms with E-state index < -0.39 is 29.4 Å². The van der Waals surface area contributed by atoms with Gasteiger partial charge in [-0.25, -0.2) is 9.79 Å². The Labute approximate surface area is 172 Å². The molecule has 1 unspecified atom stereocenters. The minimum Gasteiger partial charge on any atom is -0.475 e. The van der Waals surface area contributed by atoms with Crippen molar-refractivity contribution in [2.45, 2.75) is 45.3 Å². The number of aliphatic imine (C=N–C) groups is 1. The average molecular weight is 424 g/mol. The molecular weight excluding hydrogens is 401 g/mol. The Morgan fingerprint density at radius 3 is 2.47 bits per heavy atom. The van der Waals surface area contributed by atoms with E-state index >= 15 is 0 Å². The summed E-state index contributed by atoms with van der Waals surface area (Å²) in [7, 11) is 1.13. The van der Waals surface area contributed by atoms with Gasteiger partial charge in [0.05, 0.1) is 29.8 Å². The summed E-state index contributed by atoms with van der Waals surface area (Å²) in [5, 5.41) is 3.06. The summed E-state index contributed by atoms with van der Waals surface area (Å²) in [6, 6.07) is 5.18. The summed E-state index contributed by atoms with van der Waals surface area (Å²) in [4.78, 5) is 16.4. The Morgan fingerprint density at radius 1 is 1.23 bits per heavy atom. The lowest BCUT2D eigenvalue weighted by Crippen LogP contribution is -2.31. The molecule has 0 fully saturated rings. The zero-order chi connectivity index (χ0) is 22.3. The molecule has 1 aromatic carbocycles. The molecule has 2 aliphatic rings. The van der Waals surface area contributed by atoms with Crippen molar-refractivity contribution in [2.75, 3.05) is 13.7 Å². The minimum atomic E-state index is -4.61. The fourth-order valence-electron chi connectivity index (χ4n) is 3.55. The molecule has 1 atom stereocenters. The van der Waals surface area contributed by atoms with Gasteiger partial charge < -0.3 is 19.5 Å².